The molecule has 2 unspecified atom stereocenters. The van der Waals surface area contributed by atoms with Gasteiger partial charge in [0.1, 0.15) is 0 Å². The Bertz CT molecular complexity index is 153. The zero-order valence-corrected chi connectivity index (χ0v) is 9.23. The minimum atomic E-state index is -0.132. The van der Waals surface area contributed by atoms with Crippen molar-refractivity contribution in [2.45, 2.75) is 26.3 Å². The zero-order chi connectivity index (χ0) is 10.3. The smallest absolute Gasteiger partial charge is 0.224 e. The van der Waals surface area contributed by atoms with Crippen molar-refractivity contribution < 1.29 is 9.53 Å². The number of methoxy groups -OCH3 is 1. The Morgan fingerprint density at radius 2 is 2.23 bits per heavy atom. The Balaban J connectivity index is 3.85. The third kappa shape index (κ3) is 5.11. The second-order valence-corrected chi connectivity index (χ2v) is 3.43. The molecule has 3 nitrogen and oxygen atoms in total. The van der Waals surface area contributed by atoms with Crippen molar-refractivity contribution in [3.05, 3.63) is 0 Å². The maximum absolute atomic E-state index is 11.4. The summed E-state index contributed by atoms with van der Waals surface area (Å²) in [5, 5.41) is 2.87. The molecule has 0 radical (unpaired) electrons. The van der Waals surface area contributed by atoms with Crippen LogP contribution in [0.3, 0.4) is 0 Å². The number of halogens is 1. The second kappa shape index (κ2) is 7.15. The van der Waals surface area contributed by atoms with Gasteiger partial charge in [-0.3, -0.25) is 4.79 Å². The van der Waals surface area contributed by atoms with E-state index in [1.807, 2.05) is 13.8 Å². The quantitative estimate of drug-likeness (QED) is 0.669. The summed E-state index contributed by atoms with van der Waals surface area (Å²) in [6.45, 7) is 4.37. The van der Waals surface area contributed by atoms with Crippen LogP contribution in [0.4, 0.5) is 0 Å². The number of amides is 1. The van der Waals surface area contributed by atoms with E-state index in [4.69, 9.17) is 16.3 Å². The summed E-state index contributed by atoms with van der Waals surface area (Å²) in [5.74, 6) is 0.224. The summed E-state index contributed by atoms with van der Waals surface area (Å²) in [5.41, 5.74) is 0. The van der Waals surface area contributed by atoms with Crippen LogP contribution in [0.15, 0.2) is 0 Å². The van der Waals surface area contributed by atoms with E-state index in [-0.39, 0.29) is 17.9 Å². The molecule has 13 heavy (non-hydrogen) atoms. The van der Waals surface area contributed by atoms with Crippen molar-refractivity contribution in [3.63, 3.8) is 0 Å². The largest absolute Gasteiger partial charge is 0.383 e. The highest BCUT2D eigenvalue weighted by Gasteiger charge is 2.15. The van der Waals surface area contributed by atoms with Gasteiger partial charge in [-0.05, 0) is 6.42 Å². The molecule has 0 rings (SSSR count). The molecule has 0 aliphatic heterocycles. The molecular formula is C9H18ClNO2. The van der Waals surface area contributed by atoms with Crippen molar-refractivity contribution in [1.82, 2.24) is 5.32 Å². The highest BCUT2D eigenvalue weighted by Crippen LogP contribution is 2.00. The van der Waals surface area contributed by atoms with Gasteiger partial charge in [0, 0.05) is 18.9 Å². The Labute approximate surface area is 84.8 Å². The number of hydrogen-bond donors (Lipinski definition) is 1. The number of hydrogen-bond acceptors (Lipinski definition) is 2. The lowest BCUT2D eigenvalue weighted by Crippen LogP contribution is -2.40. The average molecular weight is 208 g/mol. The zero-order valence-electron chi connectivity index (χ0n) is 8.47. The van der Waals surface area contributed by atoms with E-state index in [1.54, 1.807) is 7.11 Å². The van der Waals surface area contributed by atoms with Gasteiger partial charge in [0.2, 0.25) is 5.91 Å². The number of nitrogens with one attached hydrogen (secondary N) is 1. The molecule has 0 aliphatic rings. The summed E-state index contributed by atoms with van der Waals surface area (Å²) >= 11 is 5.56. The maximum Gasteiger partial charge on any atom is 0.224 e. The molecule has 0 aromatic heterocycles. The molecule has 0 saturated carbocycles. The van der Waals surface area contributed by atoms with Gasteiger partial charge in [0.15, 0.2) is 0 Å². The summed E-state index contributed by atoms with van der Waals surface area (Å²) in [4.78, 5) is 11.4. The Morgan fingerprint density at radius 3 is 2.62 bits per heavy atom. The van der Waals surface area contributed by atoms with E-state index in [0.717, 1.165) is 6.42 Å². The van der Waals surface area contributed by atoms with Crippen LogP contribution in [0, 0.1) is 5.92 Å². The normalized spacial score (nSPS) is 15.1. The molecule has 0 saturated heterocycles. The fraction of sp³-hybridized carbons (Fsp3) is 0.889. The minimum Gasteiger partial charge on any atom is -0.383 e. The van der Waals surface area contributed by atoms with Crippen LogP contribution in [0.5, 0.6) is 0 Å². The molecule has 0 bridgehead atoms. The van der Waals surface area contributed by atoms with Gasteiger partial charge in [-0.15, -0.1) is 11.6 Å². The fourth-order valence-electron chi connectivity index (χ4n) is 0.876. The first-order chi connectivity index (χ1) is 6.15. The predicted octanol–water partition coefficient (Wildman–Crippen LogP) is 1.40. The number of carbonyl (C=O) groups is 1. The summed E-state index contributed by atoms with van der Waals surface area (Å²) in [7, 11) is 1.62. The van der Waals surface area contributed by atoms with E-state index >= 15 is 0 Å². The molecule has 1 amide bonds. The van der Waals surface area contributed by atoms with Crippen molar-refractivity contribution in [1.29, 1.82) is 0 Å². The Hall–Kier alpha value is -0.280. The van der Waals surface area contributed by atoms with Crippen LogP contribution >= 0.6 is 11.6 Å². The van der Waals surface area contributed by atoms with Crippen LogP contribution < -0.4 is 5.32 Å². The van der Waals surface area contributed by atoms with Gasteiger partial charge in [0.25, 0.3) is 0 Å². The summed E-state index contributed by atoms with van der Waals surface area (Å²) < 4.78 is 4.96. The average Bonchev–Trinajstić information content (AvgIpc) is 2.15. The molecule has 1 N–H and O–H groups in total. The predicted molar refractivity (Wildman–Crippen MR) is 54.0 cm³/mol. The standard InChI is InChI=1S/C9H18ClNO2/c1-4-8(6-13-3)11-9(12)7(2)5-10/h7-8H,4-6H2,1-3H3,(H,11,12). The third-order valence-electron chi connectivity index (χ3n) is 1.89. The number of carbonyl (C=O) groups excluding carboxylic acids is 1. The SMILES string of the molecule is CCC(COC)NC(=O)C(C)CCl. The van der Waals surface area contributed by atoms with Crippen LogP contribution in [0.25, 0.3) is 0 Å². The van der Waals surface area contributed by atoms with Gasteiger partial charge in [-0.2, -0.15) is 0 Å². The Kier molecular flexibility index (Phi) is 7.00. The van der Waals surface area contributed by atoms with Gasteiger partial charge in [0.05, 0.1) is 12.6 Å². The van der Waals surface area contributed by atoms with Crippen molar-refractivity contribution in [2.75, 3.05) is 19.6 Å². The number of alkyl halides is 1. The lowest BCUT2D eigenvalue weighted by atomic mass is 10.1. The number of ether oxygens (including phenoxy) is 1. The van der Waals surface area contributed by atoms with Gasteiger partial charge < -0.3 is 10.1 Å². The minimum absolute atomic E-state index is 0.00102. The molecule has 0 aliphatic carbocycles. The first kappa shape index (κ1) is 12.7. The monoisotopic (exact) mass is 207 g/mol. The highest BCUT2D eigenvalue weighted by molar-refractivity contribution is 6.19. The van der Waals surface area contributed by atoms with Gasteiger partial charge in [-0.1, -0.05) is 13.8 Å². The first-order valence-corrected chi connectivity index (χ1v) is 5.04. The van der Waals surface area contributed by atoms with Crippen LogP contribution in [0.2, 0.25) is 0 Å². The fourth-order valence-corrected chi connectivity index (χ4v) is 1.02. The van der Waals surface area contributed by atoms with Crippen LogP contribution in [0.1, 0.15) is 20.3 Å². The van der Waals surface area contributed by atoms with E-state index < -0.39 is 0 Å². The van der Waals surface area contributed by atoms with E-state index in [2.05, 4.69) is 5.32 Å². The summed E-state index contributed by atoms with van der Waals surface area (Å²) in [6, 6.07) is 0.100. The molecule has 0 heterocycles. The number of rotatable bonds is 6. The topological polar surface area (TPSA) is 38.3 Å². The molecule has 78 valence electrons. The van der Waals surface area contributed by atoms with Crippen LogP contribution in [-0.2, 0) is 9.53 Å². The molecule has 0 fully saturated rings. The summed E-state index contributed by atoms with van der Waals surface area (Å²) in [6.07, 6.45) is 0.870. The molecule has 0 spiro atoms. The van der Waals surface area contributed by atoms with E-state index in [9.17, 15) is 4.79 Å². The van der Waals surface area contributed by atoms with E-state index in [1.165, 1.54) is 0 Å². The second-order valence-electron chi connectivity index (χ2n) is 3.12. The van der Waals surface area contributed by atoms with Crippen molar-refractivity contribution >= 4 is 17.5 Å². The lowest BCUT2D eigenvalue weighted by molar-refractivity contribution is -0.125. The maximum atomic E-state index is 11.4. The van der Waals surface area contributed by atoms with Gasteiger partial charge in [-0.25, -0.2) is 0 Å². The first-order valence-electron chi connectivity index (χ1n) is 4.50. The molecule has 0 aromatic rings. The molecule has 2 atom stereocenters. The van der Waals surface area contributed by atoms with Crippen molar-refractivity contribution in [2.24, 2.45) is 5.92 Å². The molecule has 0 aromatic carbocycles. The molecular weight excluding hydrogens is 190 g/mol. The molecule has 4 heteroatoms. The third-order valence-corrected chi connectivity index (χ3v) is 2.35. The lowest BCUT2D eigenvalue weighted by Gasteiger charge is -2.17. The van der Waals surface area contributed by atoms with E-state index in [0.29, 0.717) is 12.5 Å². The Morgan fingerprint density at radius 1 is 1.62 bits per heavy atom. The van der Waals surface area contributed by atoms with Crippen LogP contribution in [-0.4, -0.2) is 31.5 Å². The highest BCUT2D eigenvalue weighted by atomic mass is 35.5. The van der Waals surface area contributed by atoms with Gasteiger partial charge >= 0.3 is 0 Å². The van der Waals surface area contributed by atoms with Crippen molar-refractivity contribution in [3.8, 4) is 0 Å².